The standard InChI is InChI=1S/C93H175O25P/c1-6-10-14-18-22-25-28-31-33-35-38-40-43-46-53-59-65-77(96)110-71-75-81(100)83(102)87(106)93(114-75)117-90-88(115-79(98)67-61-54-47-44-41-36-30-27-24-20-16-12-8-3)84(103)85(104)89(116-92-86(105)82(101)80(99)74(68-94)113-92)91(90)118-119(107,108)111-70-73(69-109-76(95)64-58-52-45-42-39-37-34-32-29-26-23-19-15-11-7-2)112-78(97)66-60-55-49-48-51-57-63-72(5)62-56-50-21-17-13-9-4/h72-75,80-94,99-106H,6-71H2,1-5H3,(H,107,108). The number of hydrogen-bond acceptors (Lipinski definition) is 24. The number of esters is 4. The van der Waals surface area contributed by atoms with Gasteiger partial charge in [0.15, 0.2) is 24.8 Å². The number of phosphoric ester groups is 1. The lowest BCUT2D eigenvalue weighted by atomic mass is 9.84. The molecule has 0 bridgehead atoms. The van der Waals surface area contributed by atoms with Gasteiger partial charge >= 0.3 is 31.7 Å². The first-order valence-corrected chi connectivity index (χ1v) is 50.2. The van der Waals surface area contributed by atoms with E-state index in [2.05, 4.69) is 34.6 Å². The van der Waals surface area contributed by atoms with E-state index in [4.69, 9.17) is 46.9 Å². The molecule has 10 N–H and O–H groups in total. The summed E-state index contributed by atoms with van der Waals surface area (Å²) in [5.74, 6) is -2.27. The van der Waals surface area contributed by atoms with Crippen LogP contribution in [0.15, 0.2) is 0 Å². The normalized spacial score (nSPS) is 25.0. The first kappa shape index (κ1) is 111. The van der Waals surface area contributed by atoms with Crippen LogP contribution in [0.5, 0.6) is 0 Å². The summed E-state index contributed by atoms with van der Waals surface area (Å²) in [6.45, 7) is 7.97. The van der Waals surface area contributed by atoms with Gasteiger partial charge in [0, 0.05) is 25.7 Å². The first-order chi connectivity index (χ1) is 57.6. The van der Waals surface area contributed by atoms with E-state index in [9.17, 15) is 74.6 Å². The Labute approximate surface area is 719 Å². The number of rotatable bonds is 79. The summed E-state index contributed by atoms with van der Waals surface area (Å²) in [5, 5.41) is 102. The number of carbonyl (C=O) groups is 4. The largest absolute Gasteiger partial charge is 0.472 e. The van der Waals surface area contributed by atoms with E-state index in [0.717, 1.165) is 128 Å². The van der Waals surface area contributed by atoms with Crippen molar-refractivity contribution in [1.29, 1.82) is 0 Å². The lowest BCUT2D eigenvalue weighted by Gasteiger charge is -2.50. The lowest BCUT2D eigenvalue weighted by Crippen LogP contribution is -2.70. The van der Waals surface area contributed by atoms with Crippen molar-refractivity contribution >= 4 is 31.7 Å². The number of aliphatic hydroxyl groups excluding tert-OH is 9. The number of carbonyl (C=O) groups excluding carboxylic acids is 4. The van der Waals surface area contributed by atoms with Gasteiger partial charge in [-0.05, 0) is 31.6 Å². The quantitative estimate of drug-likeness (QED) is 0.0117. The minimum Gasteiger partial charge on any atom is -0.463 e. The van der Waals surface area contributed by atoms with Gasteiger partial charge in [-0.1, -0.05) is 381 Å². The van der Waals surface area contributed by atoms with Crippen molar-refractivity contribution in [3.8, 4) is 0 Å². The van der Waals surface area contributed by atoms with Gasteiger partial charge in [-0.15, -0.1) is 0 Å². The molecule has 1 aliphatic carbocycles. The van der Waals surface area contributed by atoms with Crippen molar-refractivity contribution in [2.24, 2.45) is 5.92 Å². The van der Waals surface area contributed by atoms with Crippen molar-refractivity contribution in [2.75, 3.05) is 26.4 Å². The maximum Gasteiger partial charge on any atom is 0.472 e. The van der Waals surface area contributed by atoms with Gasteiger partial charge < -0.3 is 88.7 Å². The highest BCUT2D eigenvalue weighted by Crippen LogP contribution is 2.49. The monoisotopic (exact) mass is 1720 g/mol. The molecule has 19 unspecified atom stereocenters. The molecule has 3 rings (SSSR count). The molecule has 2 heterocycles. The van der Waals surface area contributed by atoms with Crippen LogP contribution in [0.3, 0.4) is 0 Å². The molecule has 19 atom stereocenters. The molecule has 2 saturated heterocycles. The Kier molecular flexibility index (Phi) is 66.5. The SMILES string of the molecule is CCCCCCCCCCCCCCCCCCC(=O)OCC1OC(OC2C(OC(=O)CCCCCCCCCCCCCCC)C(O)C(O)C(OC3OC(CO)C(O)C(O)C3O)C2OP(=O)(O)OCC(COC(=O)CCCCCCCCCCCCCCCCC)OC(=O)CCCCCCCCC(C)CCCCCCCC)C(O)C(O)C1O. The van der Waals surface area contributed by atoms with Gasteiger partial charge in [0.05, 0.1) is 13.2 Å². The van der Waals surface area contributed by atoms with Crippen molar-refractivity contribution in [1.82, 2.24) is 0 Å². The zero-order chi connectivity index (χ0) is 86.9. The predicted molar refractivity (Wildman–Crippen MR) is 463 cm³/mol. The number of phosphoric acid groups is 1. The predicted octanol–water partition coefficient (Wildman–Crippen LogP) is 18.4. The van der Waals surface area contributed by atoms with Gasteiger partial charge in [-0.25, -0.2) is 4.57 Å². The molecule has 0 radical (unpaired) electrons. The second kappa shape index (κ2) is 71.5. The third-order valence-electron chi connectivity index (χ3n) is 24.3. The smallest absolute Gasteiger partial charge is 0.463 e. The molecule has 702 valence electrons. The average molecular weight is 1720 g/mol. The molecule has 26 heteroatoms. The van der Waals surface area contributed by atoms with Gasteiger partial charge in [0.1, 0.15) is 92.6 Å². The summed E-state index contributed by atoms with van der Waals surface area (Å²) in [7, 11) is -5.81. The van der Waals surface area contributed by atoms with Crippen LogP contribution in [0.25, 0.3) is 0 Å². The molecule has 0 aromatic rings. The van der Waals surface area contributed by atoms with Crippen LogP contribution in [0.1, 0.15) is 433 Å². The zero-order valence-electron chi connectivity index (χ0n) is 75.1. The molecular weight excluding hydrogens is 1550 g/mol. The Morgan fingerprint density at radius 2 is 0.630 bits per heavy atom. The Morgan fingerprint density at radius 3 is 1.00 bits per heavy atom. The fourth-order valence-electron chi connectivity index (χ4n) is 16.4. The molecule has 0 aromatic heterocycles. The highest BCUT2D eigenvalue weighted by atomic mass is 31.2. The highest BCUT2D eigenvalue weighted by Gasteiger charge is 2.60. The molecule has 3 aliphatic rings. The maximum atomic E-state index is 14.9. The van der Waals surface area contributed by atoms with Crippen molar-refractivity contribution < 1.29 is 122 Å². The number of hydrogen-bond donors (Lipinski definition) is 10. The molecule has 0 spiro atoms. The molecule has 1 saturated carbocycles. The van der Waals surface area contributed by atoms with E-state index in [0.29, 0.717) is 38.0 Å². The summed E-state index contributed by atoms with van der Waals surface area (Å²) in [6.07, 6.45) is 28.0. The minimum atomic E-state index is -5.81. The number of ether oxygens (including phenoxy) is 8. The fraction of sp³-hybridized carbons (Fsp3) is 0.957. The summed E-state index contributed by atoms with van der Waals surface area (Å²) in [6, 6.07) is 0. The Balaban J connectivity index is 1.90. The van der Waals surface area contributed by atoms with Gasteiger partial charge in [0.2, 0.25) is 0 Å². The second-order valence-corrected chi connectivity index (χ2v) is 36.6. The topological polar surface area (TPSA) is 380 Å². The van der Waals surface area contributed by atoms with Gasteiger partial charge in [0.25, 0.3) is 0 Å². The van der Waals surface area contributed by atoms with E-state index in [-0.39, 0.29) is 25.7 Å². The van der Waals surface area contributed by atoms with Crippen LogP contribution in [0.2, 0.25) is 0 Å². The zero-order valence-corrected chi connectivity index (χ0v) is 76.0. The summed E-state index contributed by atoms with van der Waals surface area (Å²) in [5.41, 5.74) is 0. The molecule has 119 heavy (non-hydrogen) atoms. The third-order valence-corrected chi connectivity index (χ3v) is 25.2. The van der Waals surface area contributed by atoms with Gasteiger partial charge in [-0.3, -0.25) is 28.2 Å². The molecular formula is C93H175O25P. The Morgan fingerprint density at radius 1 is 0.328 bits per heavy atom. The summed E-state index contributed by atoms with van der Waals surface area (Å²) >= 11 is 0. The van der Waals surface area contributed by atoms with Crippen molar-refractivity contribution in [3.63, 3.8) is 0 Å². The van der Waals surface area contributed by atoms with E-state index in [1.165, 1.54) is 212 Å². The second-order valence-electron chi connectivity index (χ2n) is 35.2. The van der Waals surface area contributed by atoms with Crippen LogP contribution in [-0.4, -0.2) is 205 Å². The summed E-state index contributed by atoms with van der Waals surface area (Å²) in [4.78, 5) is 66.6. The van der Waals surface area contributed by atoms with Crippen LogP contribution in [0, 0.1) is 5.92 Å². The summed E-state index contributed by atoms with van der Waals surface area (Å²) < 4.78 is 73.6. The fourth-order valence-corrected chi connectivity index (χ4v) is 17.4. The van der Waals surface area contributed by atoms with Crippen LogP contribution in [-0.2, 0) is 70.7 Å². The Bertz CT molecular complexity index is 2490. The lowest BCUT2D eigenvalue weighted by molar-refractivity contribution is -0.360. The van der Waals surface area contributed by atoms with Crippen LogP contribution < -0.4 is 0 Å². The highest BCUT2D eigenvalue weighted by molar-refractivity contribution is 7.47. The van der Waals surface area contributed by atoms with Crippen LogP contribution >= 0.6 is 7.82 Å². The van der Waals surface area contributed by atoms with E-state index in [1.807, 2.05) is 0 Å². The Hall–Kier alpha value is -2.53. The molecule has 25 nitrogen and oxygen atoms in total. The number of unbranched alkanes of at least 4 members (excludes halogenated alkanes) is 51. The van der Waals surface area contributed by atoms with Crippen molar-refractivity contribution in [2.45, 2.75) is 537 Å². The van der Waals surface area contributed by atoms with E-state index in [1.54, 1.807) is 0 Å². The molecule has 3 fully saturated rings. The van der Waals surface area contributed by atoms with Crippen LogP contribution in [0.4, 0.5) is 0 Å². The van der Waals surface area contributed by atoms with Gasteiger partial charge in [-0.2, -0.15) is 0 Å². The van der Waals surface area contributed by atoms with E-state index < -0.39 is 162 Å². The van der Waals surface area contributed by atoms with E-state index >= 15 is 0 Å². The molecule has 2 aliphatic heterocycles. The number of aliphatic hydroxyl groups is 9. The third kappa shape index (κ3) is 51.8. The first-order valence-electron chi connectivity index (χ1n) is 48.7. The average Bonchev–Trinajstić information content (AvgIpc) is 0.752. The molecule has 0 amide bonds. The van der Waals surface area contributed by atoms with Crippen molar-refractivity contribution in [3.05, 3.63) is 0 Å². The molecule has 0 aromatic carbocycles. The minimum absolute atomic E-state index is 0.0200. The maximum absolute atomic E-state index is 14.9.